The summed E-state index contributed by atoms with van der Waals surface area (Å²) in [5.41, 5.74) is 7.37. The summed E-state index contributed by atoms with van der Waals surface area (Å²) >= 11 is 0. The molecule has 0 saturated carbocycles. The van der Waals surface area contributed by atoms with Gasteiger partial charge >= 0.3 is 0 Å². The van der Waals surface area contributed by atoms with Crippen molar-refractivity contribution in [2.24, 2.45) is 11.7 Å². The van der Waals surface area contributed by atoms with Crippen LogP contribution in [0, 0.1) is 5.92 Å². The molecule has 1 aliphatic rings. The molecule has 0 aromatic heterocycles. The van der Waals surface area contributed by atoms with Crippen LogP contribution in [0.15, 0.2) is 18.2 Å². The SMILES string of the molecule is COc1cccc(OC)c1[C@H](N)C1CCOCC1.Cl. The van der Waals surface area contributed by atoms with Gasteiger partial charge in [0.25, 0.3) is 0 Å². The maximum Gasteiger partial charge on any atom is 0.127 e. The Morgan fingerprint density at radius 3 is 2.16 bits per heavy atom. The van der Waals surface area contributed by atoms with Crippen LogP contribution in [0.4, 0.5) is 0 Å². The molecule has 2 rings (SSSR count). The van der Waals surface area contributed by atoms with E-state index in [1.807, 2.05) is 18.2 Å². The molecule has 19 heavy (non-hydrogen) atoms. The van der Waals surface area contributed by atoms with Crippen LogP contribution in [0.5, 0.6) is 11.5 Å². The van der Waals surface area contributed by atoms with Crippen molar-refractivity contribution in [1.29, 1.82) is 0 Å². The summed E-state index contributed by atoms with van der Waals surface area (Å²) in [7, 11) is 3.32. The fraction of sp³-hybridized carbons (Fsp3) is 0.571. The lowest BCUT2D eigenvalue weighted by atomic mass is 9.87. The van der Waals surface area contributed by atoms with Crippen molar-refractivity contribution >= 4 is 12.4 Å². The molecule has 1 heterocycles. The summed E-state index contributed by atoms with van der Waals surface area (Å²) in [6.45, 7) is 1.58. The van der Waals surface area contributed by atoms with Crippen molar-refractivity contribution in [1.82, 2.24) is 0 Å². The number of rotatable bonds is 4. The molecule has 1 aromatic carbocycles. The second-order valence-electron chi connectivity index (χ2n) is 4.55. The summed E-state index contributed by atoms with van der Waals surface area (Å²) in [6.07, 6.45) is 1.98. The normalized spacial score (nSPS) is 17.4. The van der Waals surface area contributed by atoms with Gasteiger partial charge < -0.3 is 19.9 Å². The van der Waals surface area contributed by atoms with E-state index < -0.39 is 0 Å². The topological polar surface area (TPSA) is 53.7 Å². The zero-order valence-corrected chi connectivity index (χ0v) is 12.2. The third-order valence-electron chi connectivity index (χ3n) is 3.57. The van der Waals surface area contributed by atoms with Crippen LogP contribution >= 0.6 is 12.4 Å². The lowest BCUT2D eigenvalue weighted by molar-refractivity contribution is 0.0578. The molecule has 0 aliphatic carbocycles. The zero-order valence-electron chi connectivity index (χ0n) is 11.4. The lowest BCUT2D eigenvalue weighted by Gasteiger charge is -2.29. The van der Waals surface area contributed by atoms with E-state index in [-0.39, 0.29) is 18.4 Å². The molecule has 108 valence electrons. The summed E-state index contributed by atoms with van der Waals surface area (Å²) in [5.74, 6) is 2.02. The number of benzene rings is 1. The van der Waals surface area contributed by atoms with E-state index in [1.54, 1.807) is 14.2 Å². The molecule has 1 aliphatic heterocycles. The van der Waals surface area contributed by atoms with Crippen molar-refractivity contribution in [3.63, 3.8) is 0 Å². The van der Waals surface area contributed by atoms with Crippen LogP contribution in [0.3, 0.4) is 0 Å². The van der Waals surface area contributed by atoms with E-state index in [2.05, 4.69) is 0 Å². The van der Waals surface area contributed by atoms with Gasteiger partial charge in [-0.3, -0.25) is 0 Å². The molecule has 0 radical (unpaired) electrons. The maximum atomic E-state index is 6.41. The quantitative estimate of drug-likeness (QED) is 0.925. The second-order valence-corrected chi connectivity index (χ2v) is 4.55. The Balaban J connectivity index is 0.00000180. The van der Waals surface area contributed by atoms with E-state index in [0.717, 1.165) is 43.1 Å². The zero-order chi connectivity index (χ0) is 13.0. The van der Waals surface area contributed by atoms with E-state index in [4.69, 9.17) is 19.9 Å². The predicted octanol–water partition coefficient (Wildman–Crippen LogP) is 2.55. The largest absolute Gasteiger partial charge is 0.496 e. The number of nitrogens with two attached hydrogens (primary N) is 1. The van der Waals surface area contributed by atoms with E-state index in [0.29, 0.717) is 5.92 Å². The minimum Gasteiger partial charge on any atom is -0.496 e. The first-order valence-corrected chi connectivity index (χ1v) is 6.32. The van der Waals surface area contributed by atoms with Crippen LogP contribution in [0.25, 0.3) is 0 Å². The Morgan fingerprint density at radius 1 is 1.16 bits per heavy atom. The van der Waals surface area contributed by atoms with Crippen molar-refractivity contribution in [3.05, 3.63) is 23.8 Å². The number of ether oxygens (including phenoxy) is 3. The molecule has 1 aromatic rings. The molecule has 1 fully saturated rings. The fourth-order valence-electron chi connectivity index (χ4n) is 2.52. The van der Waals surface area contributed by atoms with Crippen molar-refractivity contribution in [3.8, 4) is 11.5 Å². The summed E-state index contributed by atoms with van der Waals surface area (Å²) in [6, 6.07) is 5.70. The van der Waals surface area contributed by atoms with Crippen LogP contribution in [-0.2, 0) is 4.74 Å². The third kappa shape index (κ3) is 3.53. The highest BCUT2D eigenvalue weighted by Crippen LogP contribution is 2.38. The van der Waals surface area contributed by atoms with Gasteiger partial charge in [-0.05, 0) is 30.9 Å². The van der Waals surface area contributed by atoms with Gasteiger partial charge in [0.1, 0.15) is 11.5 Å². The molecule has 1 atom stereocenters. The maximum absolute atomic E-state index is 6.41. The summed E-state index contributed by atoms with van der Waals surface area (Å²) < 4.78 is 16.2. The highest BCUT2D eigenvalue weighted by Gasteiger charge is 2.27. The number of hydrogen-bond donors (Lipinski definition) is 1. The monoisotopic (exact) mass is 287 g/mol. The first kappa shape index (κ1) is 16.1. The molecule has 0 unspecified atom stereocenters. The Hall–Kier alpha value is -0.970. The average Bonchev–Trinajstić information content (AvgIpc) is 2.46. The number of halogens is 1. The average molecular weight is 288 g/mol. The Kier molecular flexibility index (Phi) is 6.42. The molecular formula is C14H22ClNO3. The Labute approximate surface area is 120 Å². The lowest BCUT2D eigenvalue weighted by Crippen LogP contribution is -2.28. The van der Waals surface area contributed by atoms with Crippen LogP contribution in [0.1, 0.15) is 24.4 Å². The van der Waals surface area contributed by atoms with Gasteiger partial charge in [0, 0.05) is 19.3 Å². The highest BCUT2D eigenvalue weighted by molar-refractivity contribution is 5.85. The molecule has 1 saturated heterocycles. The van der Waals surface area contributed by atoms with Gasteiger partial charge in [0.15, 0.2) is 0 Å². The molecule has 0 spiro atoms. The van der Waals surface area contributed by atoms with Gasteiger partial charge in [0.05, 0.1) is 19.8 Å². The van der Waals surface area contributed by atoms with Crippen molar-refractivity contribution in [2.75, 3.05) is 27.4 Å². The minimum absolute atomic E-state index is 0. The molecule has 0 bridgehead atoms. The van der Waals surface area contributed by atoms with Crippen LogP contribution in [0.2, 0.25) is 0 Å². The van der Waals surface area contributed by atoms with E-state index >= 15 is 0 Å². The van der Waals surface area contributed by atoms with Crippen LogP contribution < -0.4 is 15.2 Å². The standard InChI is InChI=1S/C14H21NO3.ClH/c1-16-11-4-3-5-12(17-2)13(11)14(15)10-6-8-18-9-7-10;/h3-5,10,14H,6-9,15H2,1-2H3;1H/t14-;/m1./s1. The molecule has 0 amide bonds. The van der Waals surface area contributed by atoms with Crippen molar-refractivity contribution < 1.29 is 14.2 Å². The molecular weight excluding hydrogens is 266 g/mol. The molecule has 4 nitrogen and oxygen atoms in total. The van der Waals surface area contributed by atoms with Crippen molar-refractivity contribution in [2.45, 2.75) is 18.9 Å². The third-order valence-corrected chi connectivity index (χ3v) is 3.57. The van der Waals surface area contributed by atoms with Gasteiger partial charge in [-0.2, -0.15) is 0 Å². The van der Waals surface area contributed by atoms with E-state index in [1.165, 1.54) is 0 Å². The smallest absolute Gasteiger partial charge is 0.127 e. The first-order valence-electron chi connectivity index (χ1n) is 6.32. The van der Waals surface area contributed by atoms with E-state index in [9.17, 15) is 0 Å². The number of methoxy groups -OCH3 is 2. The van der Waals surface area contributed by atoms with Gasteiger partial charge in [-0.25, -0.2) is 0 Å². The summed E-state index contributed by atoms with van der Waals surface area (Å²) in [5, 5.41) is 0. The Bertz CT molecular complexity index is 372. The number of hydrogen-bond acceptors (Lipinski definition) is 4. The van der Waals surface area contributed by atoms with Gasteiger partial charge in [0.2, 0.25) is 0 Å². The molecule has 5 heteroatoms. The van der Waals surface area contributed by atoms with Gasteiger partial charge in [-0.1, -0.05) is 6.07 Å². The fourth-order valence-corrected chi connectivity index (χ4v) is 2.52. The predicted molar refractivity (Wildman–Crippen MR) is 77.3 cm³/mol. The molecule has 2 N–H and O–H groups in total. The first-order chi connectivity index (χ1) is 8.77. The summed E-state index contributed by atoms with van der Waals surface area (Å²) in [4.78, 5) is 0. The highest BCUT2D eigenvalue weighted by atomic mass is 35.5. The van der Waals surface area contributed by atoms with Crippen LogP contribution in [-0.4, -0.2) is 27.4 Å². The van der Waals surface area contributed by atoms with Gasteiger partial charge in [-0.15, -0.1) is 12.4 Å². The second kappa shape index (κ2) is 7.58. The Morgan fingerprint density at radius 2 is 1.68 bits per heavy atom. The minimum atomic E-state index is -0.0694.